The molecule has 3 rings (SSSR count). The molecule has 2 heterocycles. The fourth-order valence-corrected chi connectivity index (χ4v) is 3.44. The Morgan fingerprint density at radius 1 is 1.25 bits per heavy atom. The second kappa shape index (κ2) is 10.6. The Labute approximate surface area is 191 Å². The van der Waals surface area contributed by atoms with E-state index in [4.69, 9.17) is 30.6 Å². The number of hydroxylamine groups is 1. The number of rotatable bonds is 10. The first kappa shape index (κ1) is 23.8. The van der Waals surface area contributed by atoms with Crippen LogP contribution >= 0.6 is 11.6 Å². The van der Waals surface area contributed by atoms with E-state index in [9.17, 15) is 4.79 Å². The largest absolute Gasteiger partial charge is 0.480 e. The lowest BCUT2D eigenvalue weighted by Gasteiger charge is -2.16. The Morgan fingerprint density at radius 2 is 2.03 bits per heavy atom. The Kier molecular flexibility index (Phi) is 7.92. The topological polar surface area (TPSA) is 97.9 Å². The molecule has 0 radical (unpaired) electrons. The lowest BCUT2D eigenvalue weighted by Crippen LogP contribution is -2.30. The quantitative estimate of drug-likeness (QED) is 0.350. The number of pyridine rings is 1. The molecule has 0 aliphatic heterocycles. The van der Waals surface area contributed by atoms with Gasteiger partial charge in [-0.3, -0.25) is 9.63 Å². The van der Waals surface area contributed by atoms with Crippen LogP contribution in [0.25, 0.3) is 22.0 Å². The van der Waals surface area contributed by atoms with Crippen LogP contribution in [0.4, 0.5) is 5.82 Å². The van der Waals surface area contributed by atoms with Gasteiger partial charge in [-0.15, -0.1) is 0 Å². The van der Waals surface area contributed by atoms with E-state index in [0.29, 0.717) is 45.1 Å². The van der Waals surface area contributed by atoms with Crippen LogP contribution in [0, 0.1) is 0 Å². The molecule has 0 bridgehead atoms. The number of aromatic nitrogens is 2. The number of H-pyrrole nitrogens is 1. The third-order valence-corrected chi connectivity index (χ3v) is 5.11. The number of ether oxygens (including phenoxy) is 3. The summed E-state index contributed by atoms with van der Waals surface area (Å²) in [6.45, 7) is 2.37. The number of nitrogens with zero attached hydrogens (tertiary/aromatic N) is 2. The summed E-state index contributed by atoms with van der Waals surface area (Å²) >= 11 is 6.56. The predicted octanol–water partition coefficient (Wildman–Crippen LogP) is 3.63. The number of hydrogen-bond acceptors (Lipinski definition) is 7. The van der Waals surface area contributed by atoms with Crippen molar-refractivity contribution in [1.29, 1.82) is 0 Å². The summed E-state index contributed by atoms with van der Waals surface area (Å²) in [4.78, 5) is 27.4. The summed E-state index contributed by atoms with van der Waals surface area (Å²) in [5.74, 6) is 0.774. The zero-order valence-electron chi connectivity index (χ0n) is 18.7. The molecule has 0 fully saturated rings. The number of carbonyl (C=O) groups excluding carboxylic acids is 1. The predicted molar refractivity (Wildman–Crippen MR) is 123 cm³/mol. The van der Waals surface area contributed by atoms with E-state index in [-0.39, 0.29) is 6.61 Å². The molecular weight excluding hydrogens is 436 g/mol. The van der Waals surface area contributed by atoms with Gasteiger partial charge in [-0.1, -0.05) is 11.6 Å². The standard InChI is InChI=1S/C22H27ClN4O5/c1-6-31-20(29-4)12-32-26-21(28)16-11-24-18-10-17(23)14(9-15(16)18)13-7-8-19(27(2)3)25-22(13)30-5/h7-11,20,24H,6,12H2,1-5H3,(H,26,28). The number of aromatic amines is 1. The van der Waals surface area contributed by atoms with Crippen LogP contribution < -0.4 is 15.1 Å². The summed E-state index contributed by atoms with van der Waals surface area (Å²) in [6, 6.07) is 7.36. The van der Waals surface area contributed by atoms with Crippen LogP contribution in [-0.4, -0.2) is 63.7 Å². The van der Waals surface area contributed by atoms with E-state index in [1.54, 1.807) is 19.4 Å². The summed E-state index contributed by atoms with van der Waals surface area (Å²) in [5.41, 5.74) is 4.95. The van der Waals surface area contributed by atoms with Gasteiger partial charge in [0.15, 0.2) is 6.29 Å². The van der Waals surface area contributed by atoms with E-state index in [2.05, 4.69) is 15.4 Å². The molecular formula is C22H27ClN4O5. The number of fused-ring (bicyclic) bond motifs is 1. The van der Waals surface area contributed by atoms with Crippen molar-refractivity contribution >= 4 is 34.2 Å². The summed E-state index contributed by atoms with van der Waals surface area (Å²) in [7, 11) is 6.86. The first-order valence-corrected chi connectivity index (χ1v) is 10.4. The molecule has 0 saturated heterocycles. The van der Waals surface area contributed by atoms with Crippen LogP contribution in [0.15, 0.2) is 30.5 Å². The van der Waals surface area contributed by atoms with Crippen LogP contribution in [0.5, 0.6) is 5.88 Å². The van der Waals surface area contributed by atoms with Crippen LogP contribution in [0.3, 0.4) is 0 Å². The molecule has 2 N–H and O–H groups in total. The second-order valence-corrected chi connectivity index (χ2v) is 7.47. The van der Waals surface area contributed by atoms with E-state index in [1.807, 2.05) is 44.1 Å². The van der Waals surface area contributed by atoms with Crippen molar-refractivity contribution in [3.63, 3.8) is 0 Å². The van der Waals surface area contributed by atoms with Gasteiger partial charge >= 0.3 is 0 Å². The molecule has 172 valence electrons. The highest BCUT2D eigenvalue weighted by molar-refractivity contribution is 6.34. The lowest BCUT2D eigenvalue weighted by atomic mass is 10.0. The molecule has 0 aliphatic carbocycles. The van der Waals surface area contributed by atoms with Gasteiger partial charge in [0.05, 0.1) is 17.7 Å². The number of benzene rings is 1. The average molecular weight is 463 g/mol. The second-order valence-electron chi connectivity index (χ2n) is 7.06. The number of halogens is 1. The molecule has 0 aliphatic rings. The fourth-order valence-electron chi connectivity index (χ4n) is 3.18. The van der Waals surface area contributed by atoms with E-state index in [0.717, 1.165) is 5.82 Å². The van der Waals surface area contributed by atoms with Crippen LogP contribution in [0.1, 0.15) is 17.3 Å². The maximum atomic E-state index is 12.7. The van der Waals surface area contributed by atoms with Gasteiger partial charge in [0.1, 0.15) is 12.4 Å². The maximum absolute atomic E-state index is 12.7. The maximum Gasteiger partial charge on any atom is 0.277 e. The van der Waals surface area contributed by atoms with Crippen molar-refractivity contribution in [2.75, 3.05) is 46.4 Å². The molecule has 10 heteroatoms. The van der Waals surface area contributed by atoms with Crippen molar-refractivity contribution in [2.24, 2.45) is 0 Å². The van der Waals surface area contributed by atoms with Gasteiger partial charge in [0, 0.05) is 56.0 Å². The van der Waals surface area contributed by atoms with E-state index >= 15 is 0 Å². The monoisotopic (exact) mass is 462 g/mol. The Bertz CT molecular complexity index is 1090. The summed E-state index contributed by atoms with van der Waals surface area (Å²) in [5, 5.41) is 1.18. The molecule has 3 aromatic rings. The number of carbonyl (C=O) groups is 1. The molecule has 2 aromatic heterocycles. The number of hydrogen-bond donors (Lipinski definition) is 2. The molecule has 0 spiro atoms. The van der Waals surface area contributed by atoms with E-state index < -0.39 is 12.2 Å². The van der Waals surface area contributed by atoms with Crippen molar-refractivity contribution in [3.8, 4) is 17.0 Å². The fraction of sp³-hybridized carbons (Fsp3) is 0.364. The number of methoxy groups -OCH3 is 2. The van der Waals surface area contributed by atoms with Gasteiger partial charge in [0.25, 0.3) is 5.91 Å². The first-order valence-electron chi connectivity index (χ1n) is 9.99. The highest BCUT2D eigenvalue weighted by Crippen LogP contribution is 2.38. The zero-order valence-corrected chi connectivity index (χ0v) is 19.4. The van der Waals surface area contributed by atoms with Gasteiger partial charge in [-0.2, -0.15) is 4.98 Å². The van der Waals surface area contributed by atoms with Crippen molar-refractivity contribution in [2.45, 2.75) is 13.2 Å². The zero-order chi connectivity index (χ0) is 23.3. The molecule has 1 atom stereocenters. The number of amides is 1. The molecule has 32 heavy (non-hydrogen) atoms. The van der Waals surface area contributed by atoms with Crippen molar-refractivity contribution in [1.82, 2.24) is 15.4 Å². The highest BCUT2D eigenvalue weighted by Gasteiger charge is 2.18. The molecule has 1 amide bonds. The molecule has 9 nitrogen and oxygen atoms in total. The number of anilines is 1. The number of nitrogens with one attached hydrogen (secondary N) is 2. The Balaban J connectivity index is 1.90. The van der Waals surface area contributed by atoms with E-state index in [1.165, 1.54) is 7.11 Å². The lowest BCUT2D eigenvalue weighted by molar-refractivity contribution is -0.163. The highest BCUT2D eigenvalue weighted by atomic mass is 35.5. The van der Waals surface area contributed by atoms with Gasteiger partial charge in [-0.25, -0.2) is 5.48 Å². The SMILES string of the molecule is CCOC(CONC(=O)c1c[nH]c2cc(Cl)c(-c3ccc(N(C)C)nc3OC)cc12)OC. The normalized spacial score (nSPS) is 12.1. The van der Waals surface area contributed by atoms with Crippen molar-refractivity contribution in [3.05, 3.63) is 41.0 Å². The molecule has 0 saturated carbocycles. The summed E-state index contributed by atoms with van der Waals surface area (Å²) < 4.78 is 15.9. The molecule has 1 aromatic carbocycles. The summed E-state index contributed by atoms with van der Waals surface area (Å²) in [6.07, 6.45) is 1.03. The van der Waals surface area contributed by atoms with Gasteiger partial charge in [-0.05, 0) is 31.2 Å². The van der Waals surface area contributed by atoms with Crippen LogP contribution in [-0.2, 0) is 14.3 Å². The Morgan fingerprint density at radius 3 is 2.69 bits per heavy atom. The minimum Gasteiger partial charge on any atom is -0.480 e. The first-order chi connectivity index (χ1) is 15.4. The molecule has 1 unspecified atom stereocenters. The van der Waals surface area contributed by atoms with Gasteiger partial charge in [0.2, 0.25) is 5.88 Å². The average Bonchev–Trinajstić information content (AvgIpc) is 3.19. The smallest absolute Gasteiger partial charge is 0.277 e. The van der Waals surface area contributed by atoms with Crippen molar-refractivity contribution < 1.29 is 23.8 Å². The Hall–Kier alpha value is -2.85. The minimum absolute atomic E-state index is 0.0522. The third-order valence-electron chi connectivity index (χ3n) is 4.80. The third kappa shape index (κ3) is 5.13. The van der Waals surface area contributed by atoms with Crippen LogP contribution in [0.2, 0.25) is 5.02 Å². The minimum atomic E-state index is -0.571. The van der Waals surface area contributed by atoms with Gasteiger partial charge < -0.3 is 24.1 Å².